The van der Waals surface area contributed by atoms with Crippen LogP contribution in [-0.4, -0.2) is 26.6 Å². The Balaban J connectivity index is 1.06. The van der Waals surface area contributed by atoms with Crippen molar-refractivity contribution < 1.29 is 0 Å². The van der Waals surface area contributed by atoms with Gasteiger partial charge < -0.3 is 5.73 Å². The van der Waals surface area contributed by atoms with E-state index < -0.39 is 0 Å². The van der Waals surface area contributed by atoms with Crippen LogP contribution in [0.2, 0.25) is 0 Å². The molecule has 1 aromatic heterocycles. The van der Waals surface area contributed by atoms with Crippen molar-refractivity contribution in [1.82, 2.24) is 15.0 Å². The monoisotopic (exact) mass is 696 g/mol. The molecule has 0 radical (unpaired) electrons. The fourth-order valence-corrected chi connectivity index (χ4v) is 6.24. The number of aromatic nitrogens is 3. The molecular formula is C48H36N6. The number of nitrogens with zero attached hydrogens (tertiary/aromatic N) is 5. The zero-order valence-electron chi connectivity index (χ0n) is 29.5. The molecular weight excluding hydrogens is 661 g/mol. The van der Waals surface area contributed by atoms with Gasteiger partial charge in [-0.05, 0) is 27.8 Å². The highest BCUT2D eigenvalue weighted by Crippen LogP contribution is 2.34. The van der Waals surface area contributed by atoms with Gasteiger partial charge in [-0.2, -0.15) is 0 Å². The standard InChI is InChI=1S/C48H36N6/c49-44(37-15-5-1-6-16-37)51-45(38-17-7-2-8-18-38)50-33-34-25-27-35(28-26-34)42-23-13-14-24-43(42)36-29-31-41(32-30-36)48-53-46(39-19-9-3-10-20-39)52-47(54-48)40-21-11-4-12-22-40/h1-32H,33H2,(H2,49,50,51). The largest absolute Gasteiger partial charge is 0.383 e. The summed E-state index contributed by atoms with van der Waals surface area (Å²) >= 11 is 0. The predicted molar refractivity (Wildman–Crippen MR) is 221 cm³/mol. The van der Waals surface area contributed by atoms with E-state index in [-0.39, 0.29) is 0 Å². The van der Waals surface area contributed by atoms with Crippen LogP contribution in [0.1, 0.15) is 16.7 Å². The van der Waals surface area contributed by atoms with E-state index in [4.69, 9.17) is 30.7 Å². The molecule has 0 atom stereocenters. The maximum atomic E-state index is 6.40. The quantitative estimate of drug-likeness (QED) is 0.120. The molecule has 0 bridgehead atoms. The summed E-state index contributed by atoms with van der Waals surface area (Å²) in [5, 5.41) is 0. The van der Waals surface area contributed by atoms with Crippen molar-refractivity contribution in [3.63, 3.8) is 0 Å². The summed E-state index contributed by atoms with van der Waals surface area (Å²) in [6.45, 7) is 0.467. The zero-order chi connectivity index (χ0) is 36.5. The molecule has 0 saturated heterocycles. The Labute approximate surface area is 315 Å². The molecule has 8 rings (SSSR count). The number of benzene rings is 7. The fourth-order valence-electron chi connectivity index (χ4n) is 6.24. The van der Waals surface area contributed by atoms with Crippen molar-refractivity contribution in [2.45, 2.75) is 6.54 Å². The number of hydrogen-bond acceptors (Lipinski definition) is 4. The topological polar surface area (TPSA) is 89.4 Å². The van der Waals surface area contributed by atoms with Gasteiger partial charge in [0, 0.05) is 27.8 Å². The van der Waals surface area contributed by atoms with Crippen molar-refractivity contribution in [3.05, 3.63) is 211 Å². The van der Waals surface area contributed by atoms with Gasteiger partial charge in [-0.3, -0.25) is 4.99 Å². The lowest BCUT2D eigenvalue weighted by Crippen LogP contribution is -2.16. The molecule has 7 aromatic carbocycles. The summed E-state index contributed by atoms with van der Waals surface area (Å²) in [5.41, 5.74) is 16.6. The van der Waals surface area contributed by atoms with Crippen molar-refractivity contribution in [2.24, 2.45) is 15.7 Å². The Kier molecular flexibility index (Phi) is 9.97. The van der Waals surface area contributed by atoms with Crippen molar-refractivity contribution in [2.75, 3.05) is 0 Å². The van der Waals surface area contributed by atoms with E-state index in [0.717, 1.165) is 55.6 Å². The third-order valence-corrected chi connectivity index (χ3v) is 9.08. The molecule has 2 N–H and O–H groups in total. The molecule has 0 aliphatic heterocycles. The summed E-state index contributed by atoms with van der Waals surface area (Å²) < 4.78 is 0. The highest BCUT2D eigenvalue weighted by molar-refractivity contribution is 6.10. The lowest BCUT2D eigenvalue weighted by molar-refractivity contribution is 1.06. The molecule has 6 heteroatoms. The van der Waals surface area contributed by atoms with E-state index >= 15 is 0 Å². The first-order valence-corrected chi connectivity index (χ1v) is 17.8. The van der Waals surface area contributed by atoms with Crippen LogP contribution in [-0.2, 0) is 6.54 Å². The highest BCUT2D eigenvalue weighted by atomic mass is 15.0. The number of aliphatic imine (C=N–C) groups is 2. The van der Waals surface area contributed by atoms with Crippen molar-refractivity contribution in [3.8, 4) is 56.4 Å². The van der Waals surface area contributed by atoms with E-state index in [1.807, 2.05) is 121 Å². The maximum Gasteiger partial charge on any atom is 0.164 e. The minimum Gasteiger partial charge on any atom is -0.383 e. The Morgan fingerprint density at radius 3 is 1.24 bits per heavy atom. The number of amidine groups is 2. The van der Waals surface area contributed by atoms with Crippen LogP contribution in [0.15, 0.2) is 204 Å². The van der Waals surface area contributed by atoms with Gasteiger partial charge in [0.2, 0.25) is 0 Å². The molecule has 0 fully saturated rings. The Bertz CT molecular complexity index is 2480. The van der Waals surface area contributed by atoms with Crippen LogP contribution in [0.25, 0.3) is 56.4 Å². The second-order valence-corrected chi connectivity index (χ2v) is 12.7. The average Bonchev–Trinajstić information content (AvgIpc) is 3.26. The molecule has 1 heterocycles. The van der Waals surface area contributed by atoms with Crippen molar-refractivity contribution in [1.29, 1.82) is 0 Å². The third kappa shape index (κ3) is 7.78. The first-order chi connectivity index (χ1) is 26.7. The molecule has 0 unspecified atom stereocenters. The number of nitrogens with two attached hydrogens (primary N) is 1. The van der Waals surface area contributed by atoms with Gasteiger partial charge in [0.1, 0.15) is 5.84 Å². The minimum absolute atomic E-state index is 0.431. The molecule has 0 aliphatic rings. The van der Waals surface area contributed by atoms with Crippen LogP contribution < -0.4 is 5.73 Å². The maximum absolute atomic E-state index is 6.40. The lowest BCUT2D eigenvalue weighted by atomic mass is 9.93. The first kappa shape index (κ1) is 33.8. The van der Waals surface area contributed by atoms with Gasteiger partial charge in [0.25, 0.3) is 0 Å². The van der Waals surface area contributed by atoms with E-state index in [2.05, 4.69) is 72.8 Å². The molecule has 0 spiro atoms. The fraction of sp³-hybridized carbons (Fsp3) is 0.0208. The van der Waals surface area contributed by atoms with Gasteiger partial charge in [0.15, 0.2) is 23.3 Å². The second-order valence-electron chi connectivity index (χ2n) is 12.7. The van der Waals surface area contributed by atoms with E-state index in [1.165, 1.54) is 0 Å². The molecule has 54 heavy (non-hydrogen) atoms. The van der Waals surface area contributed by atoms with Crippen molar-refractivity contribution >= 4 is 11.7 Å². The van der Waals surface area contributed by atoms with Crippen LogP contribution in [0.5, 0.6) is 0 Å². The summed E-state index contributed by atoms with van der Waals surface area (Å²) in [7, 11) is 0. The molecule has 8 aromatic rings. The van der Waals surface area contributed by atoms with Crippen LogP contribution >= 0.6 is 0 Å². The van der Waals surface area contributed by atoms with Crippen LogP contribution in [0.4, 0.5) is 0 Å². The van der Waals surface area contributed by atoms with E-state index in [0.29, 0.717) is 35.7 Å². The number of rotatable bonds is 9. The highest BCUT2D eigenvalue weighted by Gasteiger charge is 2.14. The summed E-state index contributed by atoms with van der Waals surface area (Å²) in [5.74, 6) is 2.94. The Morgan fingerprint density at radius 1 is 0.389 bits per heavy atom. The van der Waals surface area contributed by atoms with Crippen LogP contribution in [0.3, 0.4) is 0 Å². The SMILES string of the molecule is N/C(=N\C(=N/Cc1ccc(-c2ccccc2-c2ccc(-c3nc(-c4ccccc4)nc(-c4ccccc4)n3)cc2)cc1)c1ccccc1)c1ccccc1. The molecule has 0 saturated carbocycles. The van der Waals surface area contributed by atoms with Gasteiger partial charge >= 0.3 is 0 Å². The van der Waals surface area contributed by atoms with Gasteiger partial charge in [-0.25, -0.2) is 19.9 Å². The second kappa shape index (κ2) is 15.9. The molecule has 6 nitrogen and oxygen atoms in total. The third-order valence-electron chi connectivity index (χ3n) is 9.08. The summed E-state index contributed by atoms with van der Waals surface area (Å²) in [6, 6.07) is 65.3. The van der Waals surface area contributed by atoms with E-state index in [1.54, 1.807) is 0 Å². The zero-order valence-corrected chi connectivity index (χ0v) is 29.5. The van der Waals surface area contributed by atoms with Gasteiger partial charge in [0.05, 0.1) is 6.54 Å². The molecule has 0 aliphatic carbocycles. The van der Waals surface area contributed by atoms with Gasteiger partial charge in [-0.15, -0.1) is 0 Å². The summed E-state index contributed by atoms with van der Waals surface area (Å²) in [6.07, 6.45) is 0. The molecule has 258 valence electrons. The normalized spacial score (nSPS) is 11.7. The van der Waals surface area contributed by atoms with E-state index in [9.17, 15) is 0 Å². The number of hydrogen-bond donors (Lipinski definition) is 1. The predicted octanol–water partition coefficient (Wildman–Crippen LogP) is 10.6. The Morgan fingerprint density at radius 2 is 0.759 bits per heavy atom. The smallest absolute Gasteiger partial charge is 0.164 e. The first-order valence-electron chi connectivity index (χ1n) is 17.8. The van der Waals surface area contributed by atoms with Crippen LogP contribution in [0, 0.1) is 0 Å². The lowest BCUT2D eigenvalue weighted by Gasteiger charge is -2.12. The van der Waals surface area contributed by atoms with Gasteiger partial charge in [-0.1, -0.05) is 194 Å². The summed E-state index contributed by atoms with van der Waals surface area (Å²) in [4.78, 5) is 24.3. The average molecular weight is 697 g/mol. The Hall–Kier alpha value is -7.31. The minimum atomic E-state index is 0.431. The molecule has 0 amide bonds.